The maximum atomic E-state index is 11.3. The fourth-order valence-corrected chi connectivity index (χ4v) is 3.53. The fourth-order valence-electron chi connectivity index (χ4n) is 1.72. The average molecular weight is 230 g/mol. The van der Waals surface area contributed by atoms with Crippen molar-refractivity contribution in [3.63, 3.8) is 0 Å². The van der Waals surface area contributed by atoms with Gasteiger partial charge in [-0.2, -0.15) is 0 Å². The summed E-state index contributed by atoms with van der Waals surface area (Å²) in [7, 11) is -0.809. The van der Waals surface area contributed by atoms with E-state index in [1.807, 2.05) is 7.05 Å². The van der Waals surface area contributed by atoms with Gasteiger partial charge in [0.25, 0.3) is 0 Å². The van der Waals surface area contributed by atoms with Gasteiger partial charge < -0.3 is 10.2 Å². The van der Waals surface area contributed by atoms with Gasteiger partial charge in [-0.05, 0) is 13.5 Å². The number of likely N-dealkylation sites (N-methyl/N-ethyl adjacent to an activating group) is 1. The van der Waals surface area contributed by atoms with Crippen LogP contribution in [-0.2, 0) is 9.84 Å². The van der Waals surface area contributed by atoms with Crippen LogP contribution in [0.15, 0.2) is 0 Å². The van der Waals surface area contributed by atoms with E-state index in [1.54, 1.807) is 0 Å². The summed E-state index contributed by atoms with van der Waals surface area (Å²) in [5.74, 6) is 3.14. The minimum atomic E-state index is -2.77. The van der Waals surface area contributed by atoms with Gasteiger partial charge in [0.1, 0.15) is 0 Å². The molecule has 1 aliphatic heterocycles. The van der Waals surface area contributed by atoms with Gasteiger partial charge in [-0.15, -0.1) is 6.42 Å². The third-order valence-corrected chi connectivity index (χ3v) is 4.45. The van der Waals surface area contributed by atoms with Gasteiger partial charge >= 0.3 is 0 Å². The van der Waals surface area contributed by atoms with Gasteiger partial charge in [-0.1, -0.05) is 5.92 Å². The van der Waals surface area contributed by atoms with Crippen molar-refractivity contribution < 1.29 is 8.42 Å². The third-order valence-electron chi connectivity index (χ3n) is 2.70. The third kappa shape index (κ3) is 4.20. The summed E-state index contributed by atoms with van der Waals surface area (Å²) >= 11 is 0. The molecule has 0 aliphatic carbocycles. The van der Waals surface area contributed by atoms with E-state index in [1.165, 1.54) is 0 Å². The quantitative estimate of drug-likeness (QED) is 0.502. The molecule has 0 aromatic carbocycles. The number of hydrogen-bond acceptors (Lipinski definition) is 4. The Bertz CT molecular complexity index is 332. The van der Waals surface area contributed by atoms with E-state index >= 15 is 0 Å². The molecule has 15 heavy (non-hydrogen) atoms. The van der Waals surface area contributed by atoms with Crippen molar-refractivity contribution in [2.45, 2.75) is 12.5 Å². The minimum Gasteiger partial charge on any atom is -0.305 e. The van der Waals surface area contributed by atoms with E-state index < -0.39 is 9.84 Å². The Morgan fingerprint density at radius 2 is 2.33 bits per heavy atom. The monoisotopic (exact) mass is 230 g/mol. The highest BCUT2D eigenvalue weighted by Crippen LogP contribution is 2.15. The summed E-state index contributed by atoms with van der Waals surface area (Å²) in [6.45, 7) is 2.20. The maximum absolute atomic E-state index is 11.3. The normalized spacial score (nSPS) is 24.2. The van der Waals surface area contributed by atoms with Crippen LogP contribution in [0.3, 0.4) is 0 Å². The zero-order valence-corrected chi connectivity index (χ0v) is 9.89. The summed E-state index contributed by atoms with van der Waals surface area (Å²) < 4.78 is 22.5. The summed E-state index contributed by atoms with van der Waals surface area (Å²) in [5.41, 5.74) is 0. The van der Waals surface area contributed by atoms with Crippen LogP contribution in [-0.4, -0.2) is 57.5 Å². The van der Waals surface area contributed by atoms with Gasteiger partial charge in [0.15, 0.2) is 9.84 Å². The molecule has 1 atom stereocenters. The molecule has 1 N–H and O–H groups in total. The number of nitrogens with one attached hydrogen (secondary N) is 1. The molecule has 0 aromatic heterocycles. The van der Waals surface area contributed by atoms with Crippen molar-refractivity contribution in [3.8, 4) is 12.3 Å². The van der Waals surface area contributed by atoms with Crippen molar-refractivity contribution in [3.05, 3.63) is 0 Å². The molecule has 1 rings (SSSR count). The molecule has 4 nitrogen and oxygen atoms in total. The van der Waals surface area contributed by atoms with Gasteiger partial charge in [0, 0.05) is 19.1 Å². The zero-order valence-electron chi connectivity index (χ0n) is 9.07. The lowest BCUT2D eigenvalue weighted by atomic mass is 10.2. The molecule has 0 aromatic rings. The highest BCUT2D eigenvalue weighted by atomic mass is 32.2. The molecule has 1 unspecified atom stereocenters. The molecule has 0 bridgehead atoms. The van der Waals surface area contributed by atoms with E-state index in [0.717, 1.165) is 19.5 Å². The average Bonchev–Trinajstić information content (AvgIpc) is 2.53. The molecular formula is C10H18N2O2S. The number of terminal acetylenes is 1. The second kappa shape index (κ2) is 5.50. The Morgan fingerprint density at radius 3 is 2.87 bits per heavy atom. The Morgan fingerprint density at radius 1 is 1.60 bits per heavy atom. The van der Waals surface area contributed by atoms with E-state index in [9.17, 15) is 8.42 Å². The van der Waals surface area contributed by atoms with E-state index in [4.69, 9.17) is 6.42 Å². The predicted molar refractivity (Wildman–Crippen MR) is 61.4 cm³/mol. The van der Waals surface area contributed by atoms with Crippen molar-refractivity contribution in [2.24, 2.45) is 0 Å². The molecule has 0 radical (unpaired) electrons. The molecule has 0 spiro atoms. The van der Waals surface area contributed by atoms with Crippen molar-refractivity contribution in [1.82, 2.24) is 10.2 Å². The van der Waals surface area contributed by atoms with Gasteiger partial charge in [-0.3, -0.25) is 0 Å². The van der Waals surface area contributed by atoms with Gasteiger partial charge in [0.05, 0.1) is 18.1 Å². The Labute approximate surface area is 92.0 Å². The van der Waals surface area contributed by atoms with Crippen LogP contribution in [0.1, 0.15) is 6.42 Å². The number of hydrogen-bond donors (Lipinski definition) is 1. The highest BCUT2D eigenvalue weighted by Gasteiger charge is 2.30. The fraction of sp³-hybridized carbons (Fsp3) is 0.800. The summed E-state index contributed by atoms with van der Waals surface area (Å²) in [6.07, 6.45) is 5.86. The highest BCUT2D eigenvalue weighted by molar-refractivity contribution is 7.91. The lowest BCUT2D eigenvalue weighted by molar-refractivity contribution is 0.263. The molecule has 5 heteroatoms. The first-order valence-corrected chi connectivity index (χ1v) is 6.92. The van der Waals surface area contributed by atoms with Gasteiger partial charge in [0.2, 0.25) is 0 Å². The van der Waals surface area contributed by atoms with Crippen LogP contribution in [0, 0.1) is 12.3 Å². The Balaban J connectivity index is 2.24. The molecule has 1 fully saturated rings. The zero-order chi connectivity index (χ0) is 11.3. The first kappa shape index (κ1) is 12.5. The SMILES string of the molecule is C#CCNCCN(C)C1CCS(=O)(=O)C1. The largest absolute Gasteiger partial charge is 0.305 e. The topological polar surface area (TPSA) is 49.4 Å². The smallest absolute Gasteiger partial charge is 0.151 e. The number of rotatable bonds is 5. The first-order valence-electron chi connectivity index (χ1n) is 5.10. The lowest BCUT2D eigenvalue weighted by Crippen LogP contribution is -2.37. The molecular weight excluding hydrogens is 212 g/mol. The van der Waals surface area contributed by atoms with Crippen LogP contribution in [0.2, 0.25) is 0 Å². The molecule has 1 heterocycles. The van der Waals surface area contributed by atoms with Crippen LogP contribution in [0.25, 0.3) is 0 Å². The number of nitrogens with zero attached hydrogens (tertiary/aromatic N) is 1. The van der Waals surface area contributed by atoms with E-state index in [-0.39, 0.29) is 6.04 Å². The molecule has 86 valence electrons. The molecule has 1 saturated heterocycles. The minimum absolute atomic E-state index is 0.183. The van der Waals surface area contributed by atoms with Crippen LogP contribution >= 0.6 is 0 Å². The molecule has 0 amide bonds. The van der Waals surface area contributed by atoms with Crippen molar-refractivity contribution >= 4 is 9.84 Å². The second-order valence-corrected chi connectivity index (χ2v) is 6.15. The molecule has 0 saturated carbocycles. The molecule has 1 aliphatic rings. The van der Waals surface area contributed by atoms with Crippen LogP contribution in [0.5, 0.6) is 0 Å². The van der Waals surface area contributed by atoms with Crippen molar-refractivity contribution in [2.75, 3.05) is 38.2 Å². The lowest BCUT2D eigenvalue weighted by Gasteiger charge is -2.22. The Hall–Kier alpha value is -0.570. The Kier molecular flexibility index (Phi) is 4.58. The summed E-state index contributed by atoms with van der Waals surface area (Å²) in [4.78, 5) is 2.09. The van der Waals surface area contributed by atoms with Crippen LogP contribution in [0.4, 0.5) is 0 Å². The number of sulfone groups is 1. The maximum Gasteiger partial charge on any atom is 0.151 e. The van der Waals surface area contributed by atoms with Crippen molar-refractivity contribution in [1.29, 1.82) is 0 Å². The first-order chi connectivity index (χ1) is 7.05. The van der Waals surface area contributed by atoms with E-state index in [2.05, 4.69) is 16.1 Å². The standard InChI is InChI=1S/C10H18N2O2S/c1-3-5-11-6-7-12(2)10-4-8-15(13,14)9-10/h1,10-11H,4-9H2,2H3. The van der Waals surface area contributed by atoms with Gasteiger partial charge in [-0.25, -0.2) is 8.42 Å². The summed E-state index contributed by atoms with van der Waals surface area (Å²) in [5, 5.41) is 3.08. The van der Waals surface area contributed by atoms with E-state index in [0.29, 0.717) is 18.1 Å². The van der Waals surface area contributed by atoms with Crippen LogP contribution < -0.4 is 5.32 Å². The summed E-state index contributed by atoms with van der Waals surface area (Å²) in [6, 6.07) is 0.183. The predicted octanol–water partition coefficient (Wildman–Crippen LogP) is -0.672. The second-order valence-electron chi connectivity index (χ2n) is 3.92.